The van der Waals surface area contributed by atoms with Crippen LogP contribution in [0.15, 0.2) is 12.4 Å². The monoisotopic (exact) mass is 292 g/mol. The molecular weight excluding hydrogens is 272 g/mol. The Bertz CT molecular complexity index is 596. The van der Waals surface area contributed by atoms with Gasteiger partial charge < -0.3 is 10.6 Å². The van der Waals surface area contributed by atoms with E-state index in [0.717, 1.165) is 44.0 Å². The Balaban J connectivity index is 1.88. The normalized spacial score (nSPS) is 18.6. The molecule has 0 aromatic carbocycles. The molecule has 2 aromatic rings. The number of aryl methyl sites for hydroxylation is 1. The highest BCUT2D eigenvalue weighted by Crippen LogP contribution is 2.35. The van der Waals surface area contributed by atoms with Crippen molar-refractivity contribution in [2.75, 3.05) is 30.8 Å². The summed E-state index contributed by atoms with van der Waals surface area (Å²) in [5, 5.41) is 4.28. The average molecular weight is 292 g/mol. The van der Waals surface area contributed by atoms with Gasteiger partial charge in [-0.3, -0.25) is 0 Å². The van der Waals surface area contributed by atoms with E-state index in [9.17, 15) is 0 Å². The number of piperidine rings is 1. The third-order valence-electron chi connectivity index (χ3n) is 4.16. The SMILES string of the molecule is CSC1(CN)CCN(c2cc(C)nc3ncnn23)CC1. The van der Waals surface area contributed by atoms with Crippen LogP contribution in [0, 0.1) is 6.92 Å². The van der Waals surface area contributed by atoms with Gasteiger partial charge >= 0.3 is 0 Å². The second-order valence-corrected chi connectivity index (χ2v) is 6.58. The Morgan fingerprint density at radius 1 is 1.40 bits per heavy atom. The predicted molar refractivity (Wildman–Crippen MR) is 82.3 cm³/mol. The summed E-state index contributed by atoms with van der Waals surface area (Å²) in [7, 11) is 0. The van der Waals surface area contributed by atoms with Crippen molar-refractivity contribution >= 4 is 23.4 Å². The average Bonchev–Trinajstić information content (AvgIpc) is 2.94. The Hall–Kier alpha value is -1.34. The topological polar surface area (TPSA) is 72.3 Å². The van der Waals surface area contributed by atoms with Gasteiger partial charge in [-0.25, -0.2) is 4.98 Å². The lowest BCUT2D eigenvalue weighted by Crippen LogP contribution is -2.47. The van der Waals surface area contributed by atoms with Gasteiger partial charge in [-0.15, -0.1) is 0 Å². The first kappa shape index (κ1) is 13.6. The van der Waals surface area contributed by atoms with Crippen molar-refractivity contribution in [3.05, 3.63) is 18.1 Å². The summed E-state index contributed by atoms with van der Waals surface area (Å²) in [5.41, 5.74) is 6.93. The van der Waals surface area contributed by atoms with Crippen molar-refractivity contribution in [1.29, 1.82) is 0 Å². The quantitative estimate of drug-likeness (QED) is 0.913. The van der Waals surface area contributed by atoms with Gasteiger partial charge in [0, 0.05) is 36.1 Å². The molecule has 0 aliphatic carbocycles. The van der Waals surface area contributed by atoms with Crippen molar-refractivity contribution in [3.8, 4) is 0 Å². The van der Waals surface area contributed by atoms with Crippen LogP contribution in [-0.4, -0.2) is 50.2 Å². The zero-order valence-electron chi connectivity index (χ0n) is 11.9. The van der Waals surface area contributed by atoms with E-state index in [4.69, 9.17) is 5.73 Å². The lowest BCUT2D eigenvalue weighted by molar-refractivity contribution is 0.453. The van der Waals surface area contributed by atoms with Gasteiger partial charge in [0.1, 0.15) is 12.1 Å². The highest BCUT2D eigenvalue weighted by atomic mass is 32.2. The second-order valence-electron chi connectivity index (χ2n) is 5.31. The molecule has 1 saturated heterocycles. The fourth-order valence-electron chi connectivity index (χ4n) is 2.77. The first-order valence-electron chi connectivity index (χ1n) is 6.85. The summed E-state index contributed by atoms with van der Waals surface area (Å²) in [4.78, 5) is 10.9. The molecule has 0 spiro atoms. The van der Waals surface area contributed by atoms with Gasteiger partial charge in [-0.05, 0) is 26.0 Å². The van der Waals surface area contributed by atoms with Crippen LogP contribution in [0.25, 0.3) is 5.78 Å². The predicted octanol–water partition coefficient (Wildman–Crippen LogP) is 1.09. The zero-order chi connectivity index (χ0) is 14.2. The van der Waals surface area contributed by atoms with Gasteiger partial charge in [-0.2, -0.15) is 26.4 Å². The fourth-order valence-corrected chi connectivity index (χ4v) is 3.53. The van der Waals surface area contributed by atoms with Crippen molar-refractivity contribution < 1.29 is 0 Å². The minimum absolute atomic E-state index is 0.236. The van der Waals surface area contributed by atoms with E-state index in [1.54, 1.807) is 6.33 Å². The molecule has 1 aliphatic rings. The molecule has 20 heavy (non-hydrogen) atoms. The van der Waals surface area contributed by atoms with Crippen LogP contribution in [0.5, 0.6) is 0 Å². The number of aromatic nitrogens is 4. The highest BCUT2D eigenvalue weighted by Gasteiger charge is 2.33. The third-order valence-corrected chi connectivity index (χ3v) is 5.61. The molecule has 7 heteroatoms. The number of nitrogens with two attached hydrogens (primary N) is 1. The molecular formula is C13H20N6S. The molecule has 0 saturated carbocycles. The van der Waals surface area contributed by atoms with Gasteiger partial charge in [-0.1, -0.05) is 0 Å². The lowest BCUT2D eigenvalue weighted by atomic mass is 9.96. The Labute approximate surface area is 122 Å². The minimum atomic E-state index is 0.236. The van der Waals surface area contributed by atoms with Crippen LogP contribution in [-0.2, 0) is 0 Å². The van der Waals surface area contributed by atoms with Gasteiger partial charge in [0.05, 0.1) is 0 Å². The van der Waals surface area contributed by atoms with Crippen LogP contribution in [0.4, 0.5) is 5.82 Å². The van der Waals surface area contributed by atoms with Crippen molar-refractivity contribution in [1.82, 2.24) is 19.6 Å². The Kier molecular flexibility index (Phi) is 3.55. The van der Waals surface area contributed by atoms with Crippen LogP contribution in [0.1, 0.15) is 18.5 Å². The van der Waals surface area contributed by atoms with Gasteiger partial charge in [0.25, 0.3) is 5.78 Å². The smallest absolute Gasteiger partial charge is 0.254 e. The molecule has 2 aromatic heterocycles. The summed E-state index contributed by atoms with van der Waals surface area (Å²) in [6.45, 7) is 4.73. The van der Waals surface area contributed by atoms with E-state index in [1.165, 1.54) is 0 Å². The van der Waals surface area contributed by atoms with E-state index >= 15 is 0 Å². The molecule has 0 atom stereocenters. The molecule has 2 N–H and O–H groups in total. The molecule has 108 valence electrons. The number of thioether (sulfide) groups is 1. The van der Waals surface area contributed by atoms with Crippen LogP contribution in [0.2, 0.25) is 0 Å². The molecule has 1 fully saturated rings. The molecule has 1 aliphatic heterocycles. The zero-order valence-corrected chi connectivity index (χ0v) is 12.7. The summed E-state index contributed by atoms with van der Waals surface area (Å²) in [6.07, 6.45) is 5.92. The summed E-state index contributed by atoms with van der Waals surface area (Å²) in [5.74, 6) is 1.75. The number of hydrogen-bond donors (Lipinski definition) is 1. The van der Waals surface area contributed by atoms with E-state index in [0.29, 0.717) is 5.78 Å². The third kappa shape index (κ3) is 2.25. The van der Waals surface area contributed by atoms with Crippen molar-refractivity contribution in [2.45, 2.75) is 24.5 Å². The molecule has 3 rings (SSSR count). The van der Waals surface area contributed by atoms with E-state index in [2.05, 4.69) is 32.3 Å². The van der Waals surface area contributed by atoms with Crippen LogP contribution >= 0.6 is 11.8 Å². The number of anilines is 1. The number of nitrogens with zero attached hydrogens (tertiary/aromatic N) is 5. The first-order valence-corrected chi connectivity index (χ1v) is 8.07. The maximum Gasteiger partial charge on any atom is 0.254 e. The standard InChI is InChI=1S/C13H20N6S/c1-10-7-11(19-12(17-10)15-9-16-19)18-5-3-13(8-14,20-2)4-6-18/h7,9H,3-6,8,14H2,1-2H3. The molecule has 0 radical (unpaired) electrons. The van der Waals surface area contributed by atoms with E-state index in [-0.39, 0.29) is 4.75 Å². The largest absolute Gasteiger partial charge is 0.356 e. The lowest BCUT2D eigenvalue weighted by Gasteiger charge is -2.40. The van der Waals surface area contributed by atoms with Crippen LogP contribution < -0.4 is 10.6 Å². The molecule has 0 bridgehead atoms. The number of fused-ring (bicyclic) bond motifs is 1. The summed E-state index contributed by atoms with van der Waals surface area (Å²) < 4.78 is 2.06. The minimum Gasteiger partial charge on any atom is -0.356 e. The van der Waals surface area contributed by atoms with Crippen molar-refractivity contribution in [3.63, 3.8) is 0 Å². The summed E-state index contributed by atoms with van der Waals surface area (Å²) >= 11 is 1.90. The second kappa shape index (κ2) is 5.21. The van der Waals surface area contributed by atoms with Crippen LogP contribution in [0.3, 0.4) is 0 Å². The molecule has 0 amide bonds. The fraction of sp³-hybridized carbons (Fsp3) is 0.615. The first-order chi connectivity index (χ1) is 9.67. The van der Waals surface area contributed by atoms with Crippen molar-refractivity contribution in [2.24, 2.45) is 5.73 Å². The molecule has 0 unspecified atom stereocenters. The Morgan fingerprint density at radius 2 is 2.15 bits per heavy atom. The number of hydrogen-bond acceptors (Lipinski definition) is 6. The molecule has 6 nitrogen and oxygen atoms in total. The Morgan fingerprint density at radius 3 is 2.80 bits per heavy atom. The van der Waals surface area contributed by atoms with Gasteiger partial charge in [0.15, 0.2) is 0 Å². The van der Waals surface area contributed by atoms with E-state index in [1.807, 2.05) is 23.2 Å². The maximum absolute atomic E-state index is 5.95. The van der Waals surface area contributed by atoms with Gasteiger partial charge in [0.2, 0.25) is 0 Å². The van der Waals surface area contributed by atoms with E-state index < -0.39 is 0 Å². The molecule has 3 heterocycles. The maximum atomic E-state index is 5.95. The highest BCUT2D eigenvalue weighted by molar-refractivity contribution is 8.00. The number of rotatable bonds is 3. The summed E-state index contributed by atoms with van der Waals surface area (Å²) in [6, 6.07) is 2.08.